The van der Waals surface area contributed by atoms with Crippen LogP contribution in [0.25, 0.3) is 0 Å². The Morgan fingerprint density at radius 3 is 2.53 bits per heavy atom. The fraction of sp³-hybridized carbons (Fsp3) is 0.417. The van der Waals surface area contributed by atoms with Crippen LogP contribution < -0.4 is 5.32 Å². The van der Waals surface area contributed by atoms with Crippen LogP contribution in [0.1, 0.15) is 29.6 Å². The summed E-state index contributed by atoms with van der Waals surface area (Å²) in [7, 11) is 0. The highest BCUT2D eigenvalue weighted by molar-refractivity contribution is 9.09. The Balaban J connectivity index is 2.20. The average molecular weight is 270 g/mol. The van der Waals surface area contributed by atoms with Crippen molar-refractivity contribution in [3.05, 3.63) is 35.9 Å². The van der Waals surface area contributed by atoms with E-state index in [0.717, 1.165) is 30.3 Å². The predicted octanol–water partition coefficient (Wildman–Crippen LogP) is 2.98. The normalized spacial score (nSPS) is 9.93. The van der Waals surface area contributed by atoms with Crippen molar-refractivity contribution in [3.8, 4) is 0 Å². The van der Waals surface area contributed by atoms with Crippen molar-refractivity contribution in [2.75, 3.05) is 11.9 Å². The van der Waals surface area contributed by atoms with Gasteiger partial charge in [-0.05, 0) is 25.0 Å². The highest BCUT2D eigenvalue weighted by Crippen LogP contribution is 1.99. The van der Waals surface area contributed by atoms with E-state index in [4.69, 9.17) is 0 Å². The zero-order valence-corrected chi connectivity index (χ0v) is 10.3. The van der Waals surface area contributed by atoms with E-state index in [1.807, 2.05) is 30.3 Å². The minimum absolute atomic E-state index is 0.0226. The maximum atomic E-state index is 11.6. The van der Waals surface area contributed by atoms with Gasteiger partial charge in [0, 0.05) is 17.4 Å². The molecular formula is C12H16BrNO. The van der Waals surface area contributed by atoms with Crippen LogP contribution in [0.15, 0.2) is 30.3 Å². The molecule has 0 aliphatic carbocycles. The summed E-state index contributed by atoms with van der Waals surface area (Å²) in [6.45, 7) is 0.765. The highest BCUT2D eigenvalue weighted by atomic mass is 79.9. The quantitative estimate of drug-likeness (QED) is 0.625. The maximum absolute atomic E-state index is 11.6. The lowest BCUT2D eigenvalue weighted by atomic mass is 10.2. The number of benzene rings is 1. The number of nitrogens with one attached hydrogen (secondary N) is 1. The van der Waals surface area contributed by atoms with Crippen molar-refractivity contribution in [1.82, 2.24) is 5.32 Å². The number of carbonyl (C=O) groups is 1. The number of carbonyl (C=O) groups excluding carboxylic acids is 1. The van der Waals surface area contributed by atoms with E-state index >= 15 is 0 Å². The molecule has 1 aromatic rings. The zero-order valence-electron chi connectivity index (χ0n) is 8.71. The van der Waals surface area contributed by atoms with Gasteiger partial charge in [-0.15, -0.1) is 0 Å². The van der Waals surface area contributed by atoms with Gasteiger partial charge in [0.2, 0.25) is 0 Å². The maximum Gasteiger partial charge on any atom is 0.251 e. The fourth-order valence-corrected chi connectivity index (χ4v) is 1.69. The smallest absolute Gasteiger partial charge is 0.251 e. The SMILES string of the molecule is O=C(NCCCCCBr)c1ccccc1. The molecule has 0 atom stereocenters. The molecule has 0 aromatic heterocycles. The van der Waals surface area contributed by atoms with E-state index < -0.39 is 0 Å². The molecule has 1 aromatic carbocycles. The molecule has 3 heteroatoms. The van der Waals surface area contributed by atoms with Crippen LogP contribution in [0.4, 0.5) is 0 Å². The molecule has 0 fully saturated rings. The van der Waals surface area contributed by atoms with Gasteiger partial charge < -0.3 is 5.32 Å². The second-order valence-corrected chi connectivity index (χ2v) is 4.16. The summed E-state index contributed by atoms with van der Waals surface area (Å²) in [5.74, 6) is 0.0226. The molecule has 0 spiro atoms. The molecule has 0 heterocycles. The molecule has 0 radical (unpaired) electrons. The van der Waals surface area contributed by atoms with Crippen LogP contribution in [0.2, 0.25) is 0 Å². The molecule has 1 rings (SSSR count). The Bertz CT molecular complexity index is 287. The van der Waals surface area contributed by atoms with Crippen LogP contribution in [0.5, 0.6) is 0 Å². The first-order valence-corrected chi connectivity index (χ1v) is 6.36. The van der Waals surface area contributed by atoms with Gasteiger partial charge in [0.25, 0.3) is 5.91 Å². The summed E-state index contributed by atoms with van der Waals surface area (Å²) < 4.78 is 0. The monoisotopic (exact) mass is 269 g/mol. The van der Waals surface area contributed by atoms with Gasteiger partial charge in [-0.1, -0.05) is 40.5 Å². The first-order valence-electron chi connectivity index (χ1n) is 5.24. The first-order chi connectivity index (χ1) is 7.34. The lowest BCUT2D eigenvalue weighted by Crippen LogP contribution is -2.24. The number of halogens is 1. The van der Waals surface area contributed by atoms with Crippen LogP contribution in [0.3, 0.4) is 0 Å². The largest absolute Gasteiger partial charge is 0.352 e. The standard InChI is InChI=1S/C12H16BrNO/c13-9-5-2-6-10-14-12(15)11-7-3-1-4-8-11/h1,3-4,7-8H,2,5-6,9-10H2,(H,14,15). The molecule has 0 saturated carbocycles. The minimum atomic E-state index is 0.0226. The molecule has 0 unspecified atom stereocenters. The summed E-state index contributed by atoms with van der Waals surface area (Å²) in [4.78, 5) is 11.6. The van der Waals surface area contributed by atoms with Crippen LogP contribution in [0, 0.1) is 0 Å². The van der Waals surface area contributed by atoms with Gasteiger partial charge in [-0.2, -0.15) is 0 Å². The van der Waals surface area contributed by atoms with Gasteiger partial charge >= 0.3 is 0 Å². The second-order valence-electron chi connectivity index (χ2n) is 3.37. The van der Waals surface area contributed by atoms with E-state index in [1.165, 1.54) is 6.42 Å². The third-order valence-corrected chi connectivity index (χ3v) is 2.69. The van der Waals surface area contributed by atoms with E-state index in [2.05, 4.69) is 21.2 Å². The third kappa shape index (κ3) is 4.98. The van der Waals surface area contributed by atoms with E-state index in [-0.39, 0.29) is 5.91 Å². The first kappa shape index (κ1) is 12.2. The van der Waals surface area contributed by atoms with Crippen molar-refractivity contribution in [1.29, 1.82) is 0 Å². The third-order valence-electron chi connectivity index (χ3n) is 2.13. The number of alkyl halides is 1. The number of hydrogen-bond donors (Lipinski definition) is 1. The van der Waals surface area contributed by atoms with Crippen molar-refractivity contribution in [2.45, 2.75) is 19.3 Å². The number of rotatable bonds is 6. The molecule has 2 nitrogen and oxygen atoms in total. The topological polar surface area (TPSA) is 29.1 Å². The zero-order chi connectivity index (χ0) is 10.9. The summed E-state index contributed by atoms with van der Waals surface area (Å²) in [6.07, 6.45) is 3.37. The average Bonchev–Trinajstić information content (AvgIpc) is 2.30. The van der Waals surface area contributed by atoms with Crippen molar-refractivity contribution < 1.29 is 4.79 Å². The summed E-state index contributed by atoms with van der Waals surface area (Å²) in [5.41, 5.74) is 0.734. The molecule has 0 saturated heterocycles. The number of hydrogen-bond acceptors (Lipinski definition) is 1. The lowest BCUT2D eigenvalue weighted by molar-refractivity contribution is 0.0953. The highest BCUT2D eigenvalue weighted by Gasteiger charge is 2.01. The van der Waals surface area contributed by atoms with Crippen LogP contribution >= 0.6 is 15.9 Å². The Labute approximate surface area is 99.2 Å². The summed E-state index contributed by atoms with van der Waals surface area (Å²) >= 11 is 3.38. The predicted molar refractivity (Wildman–Crippen MR) is 66.4 cm³/mol. The van der Waals surface area contributed by atoms with E-state index in [9.17, 15) is 4.79 Å². The molecule has 0 aliphatic rings. The van der Waals surface area contributed by atoms with Gasteiger partial charge in [0.1, 0.15) is 0 Å². The lowest BCUT2D eigenvalue weighted by Gasteiger charge is -2.04. The molecule has 15 heavy (non-hydrogen) atoms. The Kier molecular flexibility index (Phi) is 6.09. The van der Waals surface area contributed by atoms with Gasteiger partial charge in [-0.25, -0.2) is 0 Å². The van der Waals surface area contributed by atoms with Gasteiger partial charge in [-0.3, -0.25) is 4.79 Å². The minimum Gasteiger partial charge on any atom is -0.352 e. The Morgan fingerprint density at radius 1 is 1.13 bits per heavy atom. The summed E-state index contributed by atoms with van der Waals surface area (Å²) in [6, 6.07) is 9.31. The second kappa shape index (κ2) is 7.46. The molecule has 0 aliphatic heterocycles. The molecule has 1 amide bonds. The van der Waals surface area contributed by atoms with E-state index in [1.54, 1.807) is 0 Å². The number of unbranched alkanes of at least 4 members (excludes halogenated alkanes) is 2. The summed E-state index contributed by atoms with van der Waals surface area (Å²) in [5, 5.41) is 3.94. The fourth-order valence-electron chi connectivity index (χ4n) is 1.29. The molecule has 0 bridgehead atoms. The van der Waals surface area contributed by atoms with Crippen LogP contribution in [-0.2, 0) is 0 Å². The Hall–Kier alpha value is -0.830. The molecule has 82 valence electrons. The Morgan fingerprint density at radius 2 is 1.87 bits per heavy atom. The molecular weight excluding hydrogens is 254 g/mol. The van der Waals surface area contributed by atoms with Crippen molar-refractivity contribution in [3.63, 3.8) is 0 Å². The van der Waals surface area contributed by atoms with Gasteiger partial charge in [0.15, 0.2) is 0 Å². The van der Waals surface area contributed by atoms with E-state index in [0.29, 0.717) is 0 Å². The number of amides is 1. The van der Waals surface area contributed by atoms with Crippen molar-refractivity contribution >= 4 is 21.8 Å². The van der Waals surface area contributed by atoms with Gasteiger partial charge in [0.05, 0.1) is 0 Å². The van der Waals surface area contributed by atoms with Crippen molar-refractivity contribution in [2.24, 2.45) is 0 Å². The van der Waals surface area contributed by atoms with Crippen LogP contribution in [-0.4, -0.2) is 17.8 Å². The molecule has 1 N–H and O–H groups in total.